The minimum Gasteiger partial charge on any atom is -0.228 e. The zero-order valence-electron chi connectivity index (χ0n) is 6.76. The van der Waals surface area contributed by atoms with Gasteiger partial charge in [0.05, 0.1) is 6.54 Å². The molecule has 0 unspecified atom stereocenters. The van der Waals surface area contributed by atoms with Crippen molar-refractivity contribution in [3.05, 3.63) is 39.7 Å². The second kappa shape index (κ2) is 3.82. The number of hydrogen-bond donors (Lipinski definition) is 0. The van der Waals surface area contributed by atoms with Crippen molar-refractivity contribution in [3.8, 4) is 0 Å². The van der Waals surface area contributed by atoms with Crippen LogP contribution < -0.4 is 0 Å². The Kier molecular flexibility index (Phi) is 2.53. The van der Waals surface area contributed by atoms with Gasteiger partial charge in [-0.05, 0) is 44.6 Å². The van der Waals surface area contributed by atoms with Crippen molar-refractivity contribution in [2.24, 2.45) is 0 Å². The summed E-state index contributed by atoms with van der Waals surface area (Å²) in [7, 11) is 0. The third-order valence-corrected chi connectivity index (χ3v) is 2.73. The third-order valence-electron chi connectivity index (χ3n) is 1.68. The largest absolute Gasteiger partial charge is 0.228 e. The highest BCUT2D eigenvalue weighted by molar-refractivity contribution is 14.1. The maximum atomic E-state index is 3.80. The SMILES string of the molecule is Ic1ccccc1Cn1cnnn1. The third kappa shape index (κ3) is 2.03. The fraction of sp³-hybridized carbons (Fsp3) is 0.125. The van der Waals surface area contributed by atoms with Crippen LogP contribution in [0.15, 0.2) is 30.6 Å². The van der Waals surface area contributed by atoms with E-state index in [1.54, 1.807) is 11.0 Å². The minimum atomic E-state index is 0.728. The van der Waals surface area contributed by atoms with Gasteiger partial charge in [0.15, 0.2) is 0 Å². The monoisotopic (exact) mass is 286 g/mol. The van der Waals surface area contributed by atoms with Gasteiger partial charge < -0.3 is 0 Å². The van der Waals surface area contributed by atoms with Crippen molar-refractivity contribution in [1.29, 1.82) is 0 Å². The molecule has 0 aliphatic rings. The molecular weight excluding hydrogens is 279 g/mol. The van der Waals surface area contributed by atoms with Crippen LogP contribution in [0.4, 0.5) is 0 Å². The van der Waals surface area contributed by atoms with Crippen LogP contribution in [0, 0.1) is 3.57 Å². The highest BCUT2D eigenvalue weighted by Gasteiger charge is 1.99. The topological polar surface area (TPSA) is 43.6 Å². The van der Waals surface area contributed by atoms with E-state index in [1.165, 1.54) is 9.13 Å². The number of aromatic nitrogens is 4. The Labute approximate surface area is 89.1 Å². The van der Waals surface area contributed by atoms with Crippen molar-refractivity contribution < 1.29 is 0 Å². The summed E-state index contributed by atoms with van der Waals surface area (Å²) >= 11 is 2.30. The Bertz CT molecular complexity index is 385. The molecule has 4 nitrogen and oxygen atoms in total. The summed E-state index contributed by atoms with van der Waals surface area (Å²) in [5.74, 6) is 0. The molecule has 2 rings (SSSR count). The first kappa shape index (κ1) is 8.61. The second-order valence-electron chi connectivity index (χ2n) is 2.60. The van der Waals surface area contributed by atoms with Gasteiger partial charge in [-0.15, -0.1) is 5.10 Å². The van der Waals surface area contributed by atoms with Crippen LogP contribution in [0.2, 0.25) is 0 Å². The maximum absolute atomic E-state index is 3.80. The second-order valence-corrected chi connectivity index (χ2v) is 3.76. The normalized spacial score (nSPS) is 10.2. The number of tetrazole rings is 1. The summed E-state index contributed by atoms with van der Waals surface area (Å²) in [6.45, 7) is 0.728. The fourth-order valence-electron chi connectivity index (χ4n) is 1.05. The molecule has 0 saturated heterocycles. The summed E-state index contributed by atoms with van der Waals surface area (Å²) in [6, 6.07) is 8.18. The molecule has 13 heavy (non-hydrogen) atoms. The van der Waals surface area contributed by atoms with Crippen molar-refractivity contribution >= 4 is 22.6 Å². The summed E-state index contributed by atoms with van der Waals surface area (Å²) < 4.78 is 2.94. The van der Waals surface area contributed by atoms with Gasteiger partial charge in [-0.1, -0.05) is 18.2 Å². The van der Waals surface area contributed by atoms with E-state index in [4.69, 9.17) is 0 Å². The number of hydrogen-bond acceptors (Lipinski definition) is 3. The van der Waals surface area contributed by atoms with Gasteiger partial charge in [0, 0.05) is 3.57 Å². The Balaban J connectivity index is 2.24. The molecule has 0 N–H and O–H groups in total. The van der Waals surface area contributed by atoms with Crippen LogP contribution >= 0.6 is 22.6 Å². The lowest BCUT2D eigenvalue weighted by atomic mass is 10.2. The number of halogens is 1. The molecule has 0 radical (unpaired) electrons. The zero-order valence-corrected chi connectivity index (χ0v) is 8.92. The van der Waals surface area contributed by atoms with E-state index in [1.807, 2.05) is 12.1 Å². The van der Waals surface area contributed by atoms with Crippen LogP contribution in [0.5, 0.6) is 0 Å². The average Bonchev–Trinajstić information content (AvgIpc) is 2.61. The molecule has 0 atom stereocenters. The molecule has 0 aliphatic carbocycles. The first-order valence-corrected chi connectivity index (χ1v) is 4.88. The van der Waals surface area contributed by atoms with E-state index in [0.717, 1.165) is 6.54 Å². The maximum Gasteiger partial charge on any atom is 0.138 e. The standard InChI is InChI=1S/C8H7IN4/c9-8-4-2-1-3-7(8)5-13-6-10-11-12-13/h1-4,6H,5H2. The number of benzene rings is 1. The van der Waals surface area contributed by atoms with Crippen molar-refractivity contribution in [1.82, 2.24) is 20.2 Å². The molecule has 0 amide bonds. The predicted molar refractivity (Wildman–Crippen MR) is 56.1 cm³/mol. The molecule has 66 valence electrons. The molecule has 0 spiro atoms. The first-order valence-electron chi connectivity index (χ1n) is 3.80. The zero-order chi connectivity index (χ0) is 9.10. The molecule has 5 heteroatoms. The molecule has 0 saturated carbocycles. The van der Waals surface area contributed by atoms with Crippen LogP contribution in [0.3, 0.4) is 0 Å². The highest BCUT2D eigenvalue weighted by Crippen LogP contribution is 2.11. The Morgan fingerprint density at radius 3 is 2.85 bits per heavy atom. The van der Waals surface area contributed by atoms with Gasteiger partial charge in [0.1, 0.15) is 6.33 Å². The Morgan fingerprint density at radius 1 is 1.31 bits per heavy atom. The summed E-state index contributed by atoms with van der Waals surface area (Å²) in [6.07, 6.45) is 1.61. The van der Waals surface area contributed by atoms with Crippen LogP contribution in [0.25, 0.3) is 0 Å². The Hall–Kier alpha value is -0.980. The smallest absolute Gasteiger partial charge is 0.138 e. The van der Waals surface area contributed by atoms with E-state index in [2.05, 4.69) is 50.2 Å². The summed E-state index contributed by atoms with van der Waals surface area (Å²) in [5.41, 5.74) is 1.23. The predicted octanol–water partition coefficient (Wildman–Crippen LogP) is 1.33. The van der Waals surface area contributed by atoms with E-state index in [0.29, 0.717) is 0 Å². The van der Waals surface area contributed by atoms with Gasteiger partial charge in [0.2, 0.25) is 0 Å². The molecule has 2 aromatic rings. The lowest BCUT2D eigenvalue weighted by molar-refractivity contribution is 0.646. The molecule has 0 bridgehead atoms. The molecule has 1 heterocycles. The number of rotatable bonds is 2. The number of nitrogens with zero attached hydrogens (tertiary/aromatic N) is 4. The molecule has 1 aromatic carbocycles. The molecule has 0 fully saturated rings. The fourth-order valence-corrected chi connectivity index (χ4v) is 1.61. The highest BCUT2D eigenvalue weighted by atomic mass is 127. The summed E-state index contributed by atoms with van der Waals surface area (Å²) in [4.78, 5) is 0. The van der Waals surface area contributed by atoms with Gasteiger partial charge in [-0.2, -0.15) is 0 Å². The lowest BCUT2D eigenvalue weighted by Crippen LogP contribution is -2.01. The quantitative estimate of drug-likeness (QED) is 0.782. The first-order chi connectivity index (χ1) is 6.36. The van der Waals surface area contributed by atoms with E-state index in [9.17, 15) is 0 Å². The molecular formula is C8H7IN4. The van der Waals surface area contributed by atoms with Crippen molar-refractivity contribution in [2.75, 3.05) is 0 Å². The van der Waals surface area contributed by atoms with Gasteiger partial charge >= 0.3 is 0 Å². The van der Waals surface area contributed by atoms with Gasteiger partial charge in [-0.3, -0.25) is 0 Å². The van der Waals surface area contributed by atoms with Crippen LogP contribution in [0.1, 0.15) is 5.56 Å². The van der Waals surface area contributed by atoms with Crippen LogP contribution in [-0.4, -0.2) is 20.2 Å². The van der Waals surface area contributed by atoms with E-state index < -0.39 is 0 Å². The van der Waals surface area contributed by atoms with Gasteiger partial charge in [0.25, 0.3) is 0 Å². The lowest BCUT2D eigenvalue weighted by Gasteiger charge is -2.01. The summed E-state index contributed by atoms with van der Waals surface area (Å²) in [5, 5.41) is 11.0. The van der Waals surface area contributed by atoms with Gasteiger partial charge in [-0.25, -0.2) is 4.68 Å². The van der Waals surface area contributed by atoms with Crippen molar-refractivity contribution in [2.45, 2.75) is 6.54 Å². The van der Waals surface area contributed by atoms with E-state index in [-0.39, 0.29) is 0 Å². The Morgan fingerprint density at radius 2 is 2.15 bits per heavy atom. The average molecular weight is 286 g/mol. The van der Waals surface area contributed by atoms with Crippen LogP contribution in [-0.2, 0) is 6.54 Å². The van der Waals surface area contributed by atoms with Crippen molar-refractivity contribution in [3.63, 3.8) is 0 Å². The molecule has 1 aromatic heterocycles. The minimum absolute atomic E-state index is 0.728. The van der Waals surface area contributed by atoms with E-state index >= 15 is 0 Å². The molecule has 0 aliphatic heterocycles.